The number of nitrogens with zero attached hydrogens (tertiary/aromatic N) is 1. The fraction of sp³-hybridized carbons (Fsp3) is 0.900. The van der Waals surface area contributed by atoms with E-state index in [0.717, 1.165) is 6.42 Å². The lowest BCUT2D eigenvalue weighted by atomic mass is 9.95. The average Bonchev–Trinajstić information content (AvgIpc) is 2.56. The largest absolute Gasteiger partial charge is 0.353 e. The van der Waals surface area contributed by atoms with E-state index in [2.05, 4.69) is 5.32 Å². The van der Waals surface area contributed by atoms with E-state index in [0.29, 0.717) is 19.5 Å². The van der Waals surface area contributed by atoms with Crippen LogP contribution in [-0.4, -0.2) is 43.0 Å². The van der Waals surface area contributed by atoms with Crippen LogP contribution in [0.5, 0.6) is 0 Å². The van der Waals surface area contributed by atoms with Gasteiger partial charge in [0.25, 0.3) is 0 Å². The molecule has 2 rings (SSSR count). The van der Waals surface area contributed by atoms with Gasteiger partial charge in [-0.1, -0.05) is 0 Å². The molecule has 5 nitrogen and oxygen atoms in total. The number of sulfonamides is 1. The summed E-state index contributed by atoms with van der Waals surface area (Å²) in [7, 11) is -3.16. The molecular formula is C10H18N2O3S. The van der Waals surface area contributed by atoms with Gasteiger partial charge >= 0.3 is 0 Å². The molecule has 0 bridgehead atoms. The molecule has 2 aliphatic heterocycles. The molecule has 2 fully saturated rings. The number of carbonyl (C=O) groups is 1. The molecule has 0 aromatic carbocycles. The first kappa shape index (κ1) is 11.9. The molecule has 0 unspecified atom stereocenters. The number of rotatable bonds is 2. The topological polar surface area (TPSA) is 66.5 Å². The van der Waals surface area contributed by atoms with Crippen molar-refractivity contribution in [2.24, 2.45) is 5.92 Å². The number of fused-ring (bicyclic) bond motifs is 1. The fourth-order valence-corrected chi connectivity index (χ4v) is 3.78. The second kappa shape index (κ2) is 4.00. The van der Waals surface area contributed by atoms with Crippen LogP contribution in [0.15, 0.2) is 0 Å². The Morgan fingerprint density at radius 1 is 1.44 bits per heavy atom. The summed E-state index contributed by atoms with van der Waals surface area (Å²) in [6.45, 7) is 4.41. The third-order valence-electron chi connectivity index (χ3n) is 3.45. The van der Waals surface area contributed by atoms with Gasteiger partial charge in [0.1, 0.15) is 0 Å². The van der Waals surface area contributed by atoms with Gasteiger partial charge in [0, 0.05) is 31.5 Å². The summed E-state index contributed by atoms with van der Waals surface area (Å²) in [6.07, 6.45) is 1.21. The van der Waals surface area contributed by atoms with Crippen molar-refractivity contribution in [3.63, 3.8) is 0 Å². The SMILES string of the molecule is CC(C)S(=O)(=O)N1CC[C@H]2NC(=O)C[C@H]2C1. The second-order valence-electron chi connectivity index (χ2n) is 4.88. The molecule has 0 aromatic rings. The minimum atomic E-state index is -3.16. The Morgan fingerprint density at radius 2 is 2.12 bits per heavy atom. The zero-order valence-corrected chi connectivity index (χ0v) is 10.5. The highest BCUT2D eigenvalue weighted by molar-refractivity contribution is 7.89. The molecule has 0 aromatic heterocycles. The van der Waals surface area contributed by atoms with Gasteiger partial charge < -0.3 is 5.32 Å². The molecule has 2 saturated heterocycles. The highest BCUT2D eigenvalue weighted by Crippen LogP contribution is 2.27. The van der Waals surface area contributed by atoms with Crippen molar-refractivity contribution in [3.8, 4) is 0 Å². The van der Waals surface area contributed by atoms with Crippen molar-refractivity contribution in [2.75, 3.05) is 13.1 Å². The van der Waals surface area contributed by atoms with Crippen LogP contribution in [0.4, 0.5) is 0 Å². The molecule has 2 heterocycles. The van der Waals surface area contributed by atoms with Crippen molar-refractivity contribution in [2.45, 2.75) is 38.0 Å². The smallest absolute Gasteiger partial charge is 0.220 e. The number of nitrogens with one attached hydrogen (secondary N) is 1. The number of hydrogen-bond acceptors (Lipinski definition) is 3. The molecule has 0 radical (unpaired) electrons. The first-order chi connectivity index (χ1) is 7.41. The van der Waals surface area contributed by atoms with Gasteiger partial charge in [-0.3, -0.25) is 4.79 Å². The maximum absolute atomic E-state index is 12.0. The molecule has 92 valence electrons. The number of piperidine rings is 1. The summed E-state index contributed by atoms with van der Waals surface area (Å²) < 4.78 is 25.5. The summed E-state index contributed by atoms with van der Waals surface area (Å²) in [5, 5.41) is 2.52. The highest BCUT2D eigenvalue weighted by atomic mass is 32.2. The van der Waals surface area contributed by atoms with Gasteiger partial charge in [-0.2, -0.15) is 0 Å². The maximum Gasteiger partial charge on any atom is 0.220 e. The van der Waals surface area contributed by atoms with Gasteiger partial charge in [0.15, 0.2) is 0 Å². The molecule has 1 N–H and O–H groups in total. The van der Waals surface area contributed by atoms with E-state index in [1.165, 1.54) is 0 Å². The number of hydrogen-bond donors (Lipinski definition) is 1. The van der Waals surface area contributed by atoms with Crippen LogP contribution in [0.25, 0.3) is 0 Å². The first-order valence-corrected chi connectivity index (χ1v) is 7.20. The quantitative estimate of drug-likeness (QED) is 0.742. The van der Waals surface area contributed by atoms with Crippen LogP contribution in [-0.2, 0) is 14.8 Å². The van der Waals surface area contributed by atoms with Gasteiger partial charge in [-0.05, 0) is 20.3 Å². The molecular weight excluding hydrogens is 228 g/mol. The van der Waals surface area contributed by atoms with E-state index in [4.69, 9.17) is 0 Å². The Bertz CT molecular complexity index is 391. The van der Waals surface area contributed by atoms with E-state index in [1.54, 1.807) is 18.2 Å². The van der Waals surface area contributed by atoms with Crippen molar-refractivity contribution in [3.05, 3.63) is 0 Å². The van der Waals surface area contributed by atoms with Crippen molar-refractivity contribution < 1.29 is 13.2 Å². The van der Waals surface area contributed by atoms with E-state index >= 15 is 0 Å². The monoisotopic (exact) mass is 246 g/mol. The minimum Gasteiger partial charge on any atom is -0.353 e. The summed E-state index contributed by atoms with van der Waals surface area (Å²) in [6, 6.07) is 0.186. The van der Waals surface area contributed by atoms with E-state index in [-0.39, 0.29) is 23.1 Å². The standard InChI is InChI=1S/C10H18N2O3S/c1-7(2)16(14,15)12-4-3-9-8(6-12)5-10(13)11-9/h7-9H,3-6H2,1-2H3,(H,11,13)/t8-,9+/m0/s1. The predicted octanol–water partition coefficient (Wildman–Crippen LogP) is -0.0650. The van der Waals surface area contributed by atoms with Gasteiger partial charge in [-0.25, -0.2) is 12.7 Å². The zero-order valence-electron chi connectivity index (χ0n) is 9.64. The number of amides is 1. The predicted molar refractivity (Wildman–Crippen MR) is 60.3 cm³/mol. The fourth-order valence-electron chi connectivity index (χ4n) is 2.43. The van der Waals surface area contributed by atoms with E-state index in [1.807, 2.05) is 0 Å². The third kappa shape index (κ3) is 1.96. The molecule has 6 heteroatoms. The van der Waals surface area contributed by atoms with Crippen LogP contribution in [0.2, 0.25) is 0 Å². The molecule has 2 atom stereocenters. The van der Waals surface area contributed by atoms with Crippen LogP contribution >= 0.6 is 0 Å². The van der Waals surface area contributed by atoms with Crippen molar-refractivity contribution in [1.82, 2.24) is 9.62 Å². The number of carbonyl (C=O) groups excluding carboxylic acids is 1. The molecule has 0 saturated carbocycles. The molecule has 2 aliphatic rings. The summed E-state index contributed by atoms with van der Waals surface area (Å²) in [5.74, 6) is 0.216. The van der Waals surface area contributed by atoms with Crippen molar-refractivity contribution in [1.29, 1.82) is 0 Å². The van der Waals surface area contributed by atoms with E-state index < -0.39 is 10.0 Å². The summed E-state index contributed by atoms with van der Waals surface area (Å²) in [5.41, 5.74) is 0. The van der Waals surface area contributed by atoms with Crippen LogP contribution in [0.3, 0.4) is 0 Å². The lowest BCUT2D eigenvalue weighted by Gasteiger charge is -2.34. The minimum absolute atomic E-state index is 0.0544. The molecule has 0 aliphatic carbocycles. The Balaban J connectivity index is 2.09. The maximum atomic E-state index is 12.0. The van der Waals surface area contributed by atoms with Gasteiger partial charge in [0.05, 0.1) is 5.25 Å². The lowest BCUT2D eigenvalue weighted by Crippen LogP contribution is -2.48. The molecule has 1 amide bonds. The van der Waals surface area contributed by atoms with E-state index in [9.17, 15) is 13.2 Å². The third-order valence-corrected chi connectivity index (χ3v) is 5.69. The van der Waals surface area contributed by atoms with Gasteiger partial charge in [-0.15, -0.1) is 0 Å². The van der Waals surface area contributed by atoms with Gasteiger partial charge in [0.2, 0.25) is 15.9 Å². The Kier molecular flexibility index (Phi) is 2.96. The van der Waals surface area contributed by atoms with Crippen LogP contribution in [0.1, 0.15) is 26.7 Å². The van der Waals surface area contributed by atoms with Crippen LogP contribution < -0.4 is 5.32 Å². The normalized spacial score (nSPS) is 31.6. The molecule has 0 spiro atoms. The van der Waals surface area contributed by atoms with Crippen molar-refractivity contribution >= 4 is 15.9 Å². The summed E-state index contributed by atoms with van der Waals surface area (Å²) >= 11 is 0. The average molecular weight is 246 g/mol. The Morgan fingerprint density at radius 3 is 2.75 bits per heavy atom. The second-order valence-corrected chi connectivity index (χ2v) is 7.37. The Labute approximate surface area is 96.2 Å². The van der Waals surface area contributed by atoms with Crippen LogP contribution in [0, 0.1) is 5.92 Å². The summed E-state index contributed by atoms with van der Waals surface area (Å²) in [4.78, 5) is 11.2. The lowest BCUT2D eigenvalue weighted by molar-refractivity contribution is -0.119. The Hall–Kier alpha value is -0.620. The zero-order chi connectivity index (χ0) is 11.9. The molecule has 16 heavy (non-hydrogen) atoms. The first-order valence-electron chi connectivity index (χ1n) is 5.69. The highest BCUT2D eigenvalue weighted by Gasteiger charge is 2.40.